The number of hydrogen-bond donors (Lipinski definition) is 1. The normalized spacial score (nSPS) is 11.0. The Bertz CT molecular complexity index is 709. The molecule has 0 aliphatic rings. The summed E-state index contributed by atoms with van der Waals surface area (Å²) in [5.41, 5.74) is 2.78. The molecule has 0 aliphatic heterocycles. The number of carbonyl (C=O) groups excluding carboxylic acids is 1. The molecule has 1 N–H and O–H groups in total. The number of benzene rings is 1. The second-order valence-electron chi connectivity index (χ2n) is 5.84. The van der Waals surface area contributed by atoms with Gasteiger partial charge >= 0.3 is 0 Å². The number of anilines is 1. The summed E-state index contributed by atoms with van der Waals surface area (Å²) in [5, 5.41) is 2.78. The predicted octanol–water partition coefficient (Wildman–Crippen LogP) is 3.88. The second-order valence-corrected chi connectivity index (χ2v) is 5.84. The third-order valence-corrected chi connectivity index (χ3v) is 3.59. The van der Waals surface area contributed by atoms with E-state index >= 15 is 0 Å². The standard InChI is InChI=1S/C20H24N2O3/c1-15(2)17-9-6-16(7-10-17)8-11-19(23)22-18-5-4-12-21-20(18)25-14-13-24-3/h4-12,15H,13-14H2,1-3H3,(H,22,23)/b11-8+. The molecule has 1 amide bonds. The molecule has 0 bridgehead atoms. The first-order valence-electron chi connectivity index (χ1n) is 8.26. The Labute approximate surface area is 148 Å². The van der Waals surface area contributed by atoms with Crippen molar-refractivity contribution >= 4 is 17.7 Å². The van der Waals surface area contributed by atoms with E-state index in [1.807, 2.05) is 12.1 Å². The van der Waals surface area contributed by atoms with Crippen LogP contribution in [0.1, 0.15) is 30.9 Å². The molecule has 132 valence electrons. The lowest BCUT2D eigenvalue weighted by Crippen LogP contribution is -2.12. The molecular formula is C20H24N2O3. The Kier molecular flexibility index (Phi) is 7.16. The molecule has 0 atom stereocenters. The van der Waals surface area contributed by atoms with Gasteiger partial charge in [0.1, 0.15) is 12.3 Å². The maximum absolute atomic E-state index is 12.1. The Morgan fingerprint density at radius 3 is 2.64 bits per heavy atom. The average Bonchev–Trinajstić information content (AvgIpc) is 2.62. The number of pyridine rings is 1. The highest BCUT2D eigenvalue weighted by Crippen LogP contribution is 2.20. The van der Waals surface area contributed by atoms with Gasteiger partial charge in [0.2, 0.25) is 11.8 Å². The van der Waals surface area contributed by atoms with Crippen molar-refractivity contribution in [1.29, 1.82) is 0 Å². The van der Waals surface area contributed by atoms with Gasteiger partial charge in [-0.1, -0.05) is 38.1 Å². The summed E-state index contributed by atoms with van der Waals surface area (Å²) in [7, 11) is 1.60. The summed E-state index contributed by atoms with van der Waals surface area (Å²) in [6.45, 7) is 5.13. The van der Waals surface area contributed by atoms with Crippen LogP contribution in [-0.4, -0.2) is 31.2 Å². The maximum atomic E-state index is 12.1. The second kappa shape index (κ2) is 9.59. The topological polar surface area (TPSA) is 60.5 Å². The third-order valence-electron chi connectivity index (χ3n) is 3.59. The van der Waals surface area contributed by atoms with E-state index in [0.717, 1.165) is 5.56 Å². The lowest BCUT2D eigenvalue weighted by molar-refractivity contribution is -0.111. The number of amides is 1. The fourth-order valence-corrected chi connectivity index (χ4v) is 2.16. The Morgan fingerprint density at radius 2 is 1.96 bits per heavy atom. The van der Waals surface area contributed by atoms with Gasteiger partial charge in [0.25, 0.3) is 0 Å². The van der Waals surface area contributed by atoms with E-state index in [1.54, 1.807) is 31.5 Å². The van der Waals surface area contributed by atoms with Gasteiger partial charge in [0.15, 0.2) is 0 Å². The molecule has 0 saturated carbocycles. The molecule has 5 heteroatoms. The fraction of sp³-hybridized carbons (Fsp3) is 0.300. The fourth-order valence-electron chi connectivity index (χ4n) is 2.16. The van der Waals surface area contributed by atoms with Crippen LogP contribution >= 0.6 is 0 Å². The van der Waals surface area contributed by atoms with Crippen molar-refractivity contribution in [2.75, 3.05) is 25.6 Å². The van der Waals surface area contributed by atoms with Gasteiger partial charge in [-0.05, 0) is 35.3 Å². The van der Waals surface area contributed by atoms with Crippen LogP contribution in [0.15, 0.2) is 48.7 Å². The van der Waals surface area contributed by atoms with Crippen molar-refractivity contribution in [3.63, 3.8) is 0 Å². The average molecular weight is 340 g/mol. The van der Waals surface area contributed by atoms with Crippen LogP contribution < -0.4 is 10.1 Å². The van der Waals surface area contributed by atoms with Crippen molar-refractivity contribution < 1.29 is 14.3 Å². The summed E-state index contributed by atoms with van der Waals surface area (Å²) in [6.07, 6.45) is 4.89. The third kappa shape index (κ3) is 6.04. The summed E-state index contributed by atoms with van der Waals surface area (Å²) >= 11 is 0. The zero-order chi connectivity index (χ0) is 18.1. The lowest BCUT2D eigenvalue weighted by atomic mass is 10.0. The minimum atomic E-state index is -0.238. The largest absolute Gasteiger partial charge is 0.474 e. The number of nitrogens with zero attached hydrogens (tertiary/aromatic N) is 1. The molecular weight excluding hydrogens is 316 g/mol. The highest BCUT2D eigenvalue weighted by molar-refractivity contribution is 6.02. The van der Waals surface area contributed by atoms with Crippen molar-refractivity contribution in [3.05, 3.63) is 59.8 Å². The number of ether oxygens (including phenoxy) is 2. The summed E-state index contributed by atoms with van der Waals surface area (Å²) in [4.78, 5) is 16.3. The Balaban J connectivity index is 1.97. The minimum absolute atomic E-state index is 0.238. The molecule has 0 saturated heterocycles. The molecule has 0 spiro atoms. The summed E-state index contributed by atoms with van der Waals surface area (Å²) in [6, 6.07) is 11.6. The number of hydrogen-bond acceptors (Lipinski definition) is 4. The van der Waals surface area contributed by atoms with E-state index in [4.69, 9.17) is 9.47 Å². The highest BCUT2D eigenvalue weighted by Gasteiger charge is 2.07. The van der Waals surface area contributed by atoms with Crippen LogP contribution in [0.5, 0.6) is 5.88 Å². The molecule has 25 heavy (non-hydrogen) atoms. The zero-order valence-electron chi connectivity index (χ0n) is 14.9. The quantitative estimate of drug-likeness (QED) is 0.585. The van der Waals surface area contributed by atoms with Gasteiger partial charge in [-0.25, -0.2) is 4.98 Å². The first-order valence-corrected chi connectivity index (χ1v) is 8.26. The number of methoxy groups -OCH3 is 1. The molecule has 0 fully saturated rings. The Hall–Kier alpha value is -2.66. The number of carbonyl (C=O) groups is 1. The molecule has 2 rings (SSSR count). The van der Waals surface area contributed by atoms with Crippen molar-refractivity contribution in [1.82, 2.24) is 4.98 Å². The van der Waals surface area contributed by atoms with Crippen LogP contribution in [0, 0.1) is 0 Å². The number of nitrogens with one attached hydrogen (secondary N) is 1. The van der Waals surface area contributed by atoms with Crippen LogP contribution in [0.4, 0.5) is 5.69 Å². The lowest BCUT2D eigenvalue weighted by Gasteiger charge is -2.09. The maximum Gasteiger partial charge on any atom is 0.248 e. The van der Waals surface area contributed by atoms with Crippen LogP contribution in [0.2, 0.25) is 0 Å². The van der Waals surface area contributed by atoms with E-state index in [2.05, 4.69) is 36.3 Å². The van der Waals surface area contributed by atoms with E-state index in [-0.39, 0.29) is 5.91 Å². The highest BCUT2D eigenvalue weighted by atomic mass is 16.5. The van der Waals surface area contributed by atoms with Crippen LogP contribution in [-0.2, 0) is 9.53 Å². The van der Waals surface area contributed by atoms with Gasteiger partial charge in [-0.15, -0.1) is 0 Å². The van der Waals surface area contributed by atoms with E-state index in [0.29, 0.717) is 30.7 Å². The van der Waals surface area contributed by atoms with Crippen molar-refractivity contribution in [2.24, 2.45) is 0 Å². The SMILES string of the molecule is COCCOc1ncccc1NC(=O)/C=C/c1ccc(C(C)C)cc1. The van der Waals surface area contributed by atoms with Crippen LogP contribution in [0.25, 0.3) is 6.08 Å². The number of rotatable bonds is 8. The minimum Gasteiger partial charge on any atom is -0.474 e. The van der Waals surface area contributed by atoms with Crippen molar-refractivity contribution in [2.45, 2.75) is 19.8 Å². The first kappa shape index (κ1) is 18.7. The van der Waals surface area contributed by atoms with E-state index in [9.17, 15) is 4.79 Å². The molecule has 1 heterocycles. The summed E-state index contributed by atoms with van der Waals surface area (Å²) in [5.74, 6) is 0.628. The molecule has 1 aromatic carbocycles. The molecule has 0 aliphatic carbocycles. The molecule has 0 unspecified atom stereocenters. The van der Waals surface area contributed by atoms with Gasteiger partial charge in [0, 0.05) is 19.4 Å². The van der Waals surface area contributed by atoms with Crippen molar-refractivity contribution in [3.8, 4) is 5.88 Å². The first-order chi connectivity index (χ1) is 12.1. The van der Waals surface area contributed by atoms with Gasteiger partial charge < -0.3 is 14.8 Å². The van der Waals surface area contributed by atoms with E-state index in [1.165, 1.54) is 11.6 Å². The molecule has 5 nitrogen and oxygen atoms in total. The number of aromatic nitrogens is 1. The molecule has 0 radical (unpaired) electrons. The monoisotopic (exact) mass is 340 g/mol. The molecule has 1 aromatic heterocycles. The van der Waals surface area contributed by atoms with E-state index < -0.39 is 0 Å². The van der Waals surface area contributed by atoms with Gasteiger partial charge in [-0.3, -0.25) is 4.79 Å². The molecule has 2 aromatic rings. The smallest absolute Gasteiger partial charge is 0.248 e. The Morgan fingerprint density at radius 1 is 1.20 bits per heavy atom. The van der Waals surface area contributed by atoms with Crippen LogP contribution in [0.3, 0.4) is 0 Å². The van der Waals surface area contributed by atoms with Gasteiger partial charge in [0.05, 0.1) is 6.61 Å². The summed E-state index contributed by atoms with van der Waals surface area (Å²) < 4.78 is 10.4. The zero-order valence-corrected chi connectivity index (χ0v) is 14.9. The van der Waals surface area contributed by atoms with Gasteiger partial charge in [-0.2, -0.15) is 0 Å². The predicted molar refractivity (Wildman–Crippen MR) is 99.8 cm³/mol.